The zero-order valence-electron chi connectivity index (χ0n) is 15.1. The van der Waals surface area contributed by atoms with E-state index in [0.717, 1.165) is 39.6 Å². The molecule has 0 bridgehead atoms. The molecule has 0 aliphatic carbocycles. The van der Waals surface area contributed by atoms with E-state index in [1.54, 1.807) is 12.4 Å². The normalized spacial score (nSPS) is 18.8. The summed E-state index contributed by atoms with van der Waals surface area (Å²) in [5.41, 5.74) is 3.31. The van der Waals surface area contributed by atoms with Crippen molar-refractivity contribution in [1.29, 1.82) is 0 Å². The summed E-state index contributed by atoms with van der Waals surface area (Å²) >= 11 is 8.11. The van der Waals surface area contributed by atoms with Gasteiger partial charge in [0.2, 0.25) is 5.91 Å². The first kappa shape index (κ1) is 17.1. The van der Waals surface area contributed by atoms with Crippen LogP contribution < -0.4 is 4.90 Å². The largest absolute Gasteiger partial charge is 0.322 e. The lowest BCUT2D eigenvalue weighted by Crippen LogP contribution is -2.37. The summed E-state index contributed by atoms with van der Waals surface area (Å²) in [4.78, 5) is 24.1. The Morgan fingerprint density at radius 1 is 1.30 bits per heavy atom. The van der Waals surface area contributed by atoms with Crippen molar-refractivity contribution in [2.45, 2.75) is 31.8 Å². The molecule has 7 heteroatoms. The number of thioether (sulfide) groups is 1. The fraction of sp³-hybridized carbons (Fsp3) is 0.350. The van der Waals surface area contributed by atoms with Crippen molar-refractivity contribution in [3.05, 3.63) is 53.1 Å². The van der Waals surface area contributed by atoms with Gasteiger partial charge < -0.3 is 9.47 Å². The highest BCUT2D eigenvalue weighted by molar-refractivity contribution is 8.00. The van der Waals surface area contributed by atoms with Gasteiger partial charge in [0.1, 0.15) is 5.82 Å². The zero-order chi connectivity index (χ0) is 18.8. The standard InChI is InChI=1S/C20H19ClN4OS/c1-20(2)14-5-6-22-8-17(14)24(19(20)26)9-18-23-15-7-12(21)3-4-16(15)25(18)13-10-27-11-13/h3-8,13H,9-11H2,1-2H3. The monoisotopic (exact) mass is 398 g/mol. The minimum absolute atomic E-state index is 0.0881. The van der Waals surface area contributed by atoms with Crippen LogP contribution in [0.15, 0.2) is 36.7 Å². The molecule has 1 saturated heterocycles. The number of carbonyl (C=O) groups excluding carboxylic acids is 1. The van der Waals surface area contributed by atoms with Crippen molar-refractivity contribution in [3.63, 3.8) is 0 Å². The van der Waals surface area contributed by atoms with E-state index in [9.17, 15) is 4.79 Å². The summed E-state index contributed by atoms with van der Waals surface area (Å²) < 4.78 is 2.29. The van der Waals surface area contributed by atoms with Crippen LogP contribution in [0, 0.1) is 0 Å². The van der Waals surface area contributed by atoms with Crippen LogP contribution in [0.25, 0.3) is 11.0 Å². The quantitative estimate of drug-likeness (QED) is 0.663. The molecule has 0 saturated carbocycles. The van der Waals surface area contributed by atoms with Crippen molar-refractivity contribution in [3.8, 4) is 0 Å². The molecule has 27 heavy (non-hydrogen) atoms. The number of rotatable bonds is 3. The fourth-order valence-corrected chi connectivity index (χ4v) is 4.91. The van der Waals surface area contributed by atoms with Gasteiger partial charge >= 0.3 is 0 Å². The van der Waals surface area contributed by atoms with Gasteiger partial charge in [0, 0.05) is 22.7 Å². The third kappa shape index (κ3) is 2.50. The van der Waals surface area contributed by atoms with Gasteiger partial charge in [-0.05, 0) is 43.7 Å². The van der Waals surface area contributed by atoms with Gasteiger partial charge in [-0.1, -0.05) is 11.6 Å². The summed E-state index contributed by atoms with van der Waals surface area (Å²) in [7, 11) is 0. The summed E-state index contributed by atoms with van der Waals surface area (Å²) in [6.45, 7) is 4.38. The van der Waals surface area contributed by atoms with Crippen molar-refractivity contribution < 1.29 is 4.79 Å². The van der Waals surface area contributed by atoms with E-state index in [-0.39, 0.29) is 5.91 Å². The molecule has 2 aromatic heterocycles. The lowest BCUT2D eigenvalue weighted by atomic mass is 9.87. The number of imidazole rings is 1. The van der Waals surface area contributed by atoms with Crippen LogP contribution in [-0.4, -0.2) is 31.9 Å². The Kier molecular flexibility index (Phi) is 3.78. The molecule has 1 aromatic carbocycles. The van der Waals surface area contributed by atoms with Gasteiger partial charge in [0.25, 0.3) is 0 Å². The summed E-state index contributed by atoms with van der Waals surface area (Å²) in [6, 6.07) is 8.19. The Balaban J connectivity index is 1.62. The number of amides is 1. The van der Waals surface area contributed by atoms with Crippen LogP contribution in [-0.2, 0) is 16.8 Å². The van der Waals surface area contributed by atoms with E-state index >= 15 is 0 Å². The van der Waals surface area contributed by atoms with Crippen molar-refractivity contribution >= 4 is 46.0 Å². The molecule has 1 amide bonds. The molecule has 5 rings (SSSR count). The number of anilines is 1. The molecular weight excluding hydrogens is 380 g/mol. The maximum absolute atomic E-state index is 13.2. The third-order valence-corrected chi connectivity index (χ3v) is 7.03. The minimum Gasteiger partial charge on any atom is -0.322 e. The Labute approximate surface area is 166 Å². The molecule has 2 aliphatic rings. The highest BCUT2D eigenvalue weighted by Crippen LogP contribution is 2.42. The number of benzene rings is 1. The maximum Gasteiger partial charge on any atom is 0.237 e. The maximum atomic E-state index is 13.2. The molecule has 0 unspecified atom stereocenters. The lowest BCUT2D eigenvalue weighted by molar-refractivity contribution is -0.122. The second-order valence-corrected chi connectivity index (χ2v) is 9.14. The van der Waals surface area contributed by atoms with E-state index in [2.05, 4.69) is 9.55 Å². The molecule has 1 fully saturated rings. The minimum atomic E-state index is -0.551. The first-order valence-corrected chi connectivity index (χ1v) is 10.5. The van der Waals surface area contributed by atoms with Crippen LogP contribution in [0.3, 0.4) is 0 Å². The molecule has 5 nitrogen and oxygen atoms in total. The number of halogens is 1. The van der Waals surface area contributed by atoms with Crippen molar-refractivity contribution in [1.82, 2.24) is 14.5 Å². The molecule has 138 valence electrons. The van der Waals surface area contributed by atoms with Crippen LogP contribution in [0.2, 0.25) is 5.02 Å². The topological polar surface area (TPSA) is 51.0 Å². The number of carbonyl (C=O) groups is 1. The molecular formula is C20H19ClN4OS. The van der Waals surface area contributed by atoms with E-state index in [1.807, 2.05) is 54.8 Å². The summed E-state index contributed by atoms with van der Waals surface area (Å²) in [5, 5.41) is 0.676. The van der Waals surface area contributed by atoms with E-state index in [0.29, 0.717) is 17.6 Å². The number of aromatic nitrogens is 3. The van der Waals surface area contributed by atoms with Gasteiger partial charge in [-0.15, -0.1) is 0 Å². The average molecular weight is 399 g/mol. The number of hydrogen-bond donors (Lipinski definition) is 0. The second-order valence-electron chi connectivity index (χ2n) is 7.63. The van der Waals surface area contributed by atoms with Crippen LogP contribution in [0.5, 0.6) is 0 Å². The zero-order valence-corrected chi connectivity index (χ0v) is 16.7. The second kappa shape index (κ2) is 5.97. The van der Waals surface area contributed by atoms with Gasteiger partial charge in [-0.25, -0.2) is 4.98 Å². The molecule has 0 radical (unpaired) electrons. The van der Waals surface area contributed by atoms with E-state index in [4.69, 9.17) is 16.6 Å². The highest BCUT2D eigenvalue weighted by Gasteiger charge is 2.44. The molecule has 0 atom stereocenters. The lowest BCUT2D eigenvalue weighted by Gasteiger charge is -2.30. The SMILES string of the molecule is CC1(C)C(=O)N(Cc2nc3cc(Cl)ccc3n2C2CSC2)c2cnccc21. The molecule has 3 aromatic rings. The average Bonchev–Trinajstić information content (AvgIpc) is 3.03. The first-order valence-electron chi connectivity index (χ1n) is 8.97. The van der Waals surface area contributed by atoms with Crippen LogP contribution in [0.1, 0.15) is 31.3 Å². The molecule has 0 spiro atoms. The molecule has 0 N–H and O–H groups in total. The van der Waals surface area contributed by atoms with Gasteiger partial charge in [-0.2, -0.15) is 11.8 Å². The number of hydrogen-bond acceptors (Lipinski definition) is 4. The summed E-state index contributed by atoms with van der Waals surface area (Å²) in [5.74, 6) is 3.13. The molecule has 4 heterocycles. The number of fused-ring (bicyclic) bond motifs is 2. The first-order chi connectivity index (χ1) is 13.0. The van der Waals surface area contributed by atoms with Crippen molar-refractivity contribution in [2.75, 3.05) is 16.4 Å². The van der Waals surface area contributed by atoms with Crippen molar-refractivity contribution in [2.24, 2.45) is 0 Å². The number of pyridine rings is 1. The third-order valence-electron chi connectivity index (χ3n) is 5.55. The van der Waals surface area contributed by atoms with Crippen LogP contribution >= 0.6 is 23.4 Å². The summed E-state index contributed by atoms with van der Waals surface area (Å²) in [6.07, 6.45) is 3.53. The van der Waals surface area contributed by atoms with E-state index < -0.39 is 5.41 Å². The Hall–Kier alpha value is -2.05. The molecule has 2 aliphatic heterocycles. The van der Waals surface area contributed by atoms with E-state index in [1.165, 1.54) is 0 Å². The predicted molar refractivity (Wildman–Crippen MR) is 110 cm³/mol. The highest BCUT2D eigenvalue weighted by atomic mass is 35.5. The Morgan fingerprint density at radius 2 is 2.11 bits per heavy atom. The van der Waals surface area contributed by atoms with Gasteiger partial charge in [0.05, 0.1) is 40.9 Å². The Morgan fingerprint density at radius 3 is 2.85 bits per heavy atom. The fourth-order valence-electron chi connectivity index (χ4n) is 4.00. The van der Waals surface area contributed by atoms with Gasteiger partial charge in [0.15, 0.2) is 0 Å². The smallest absolute Gasteiger partial charge is 0.237 e. The van der Waals surface area contributed by atoms with Crippen LogP contribution in [0.4, 0.5) is 5.69 Å². The van der Waals surface area contributed by atoms with Gasteiger partial charge in [-0.3, -0.25) is 9.78 Å². The Bertz CT molecular complexity index is 1070. The number of nitrogens with zero attached hydrogens (tertiary/aromatic N) is 4. The predicted octanol–water partition coefficient (Wildman–Crippen LogP) is 4.20.